The minimum atomic E-state index is -0.146. The van der Waals surface area contributed by atoms with Crippen LogP contribution in [0.4, 0.5) is 0 Å². The lowest BCUT2D eigenvalue weighted by atomic mass is 10.2. The Hall–Kier alpha value is -2.74. The van der Waals surface area contributed by atoms with Crippen LogP contribution in [0.2, 0.25) is 0 Å². The SMILES string of the molecule is C[C@@H](NC(=O)CCc1cn2ccccc2n1)c1cn2ncsc2n1. The first-order valence-electron chi connectivity index (χ1n) is 7.70. The van der Waals surface area contributed by atoms with E-state index in [1.165, 1.54) is 11.3 Å². The van der Waals surface area contributed by atoms with Gasteiger partial charge in [-0.15, -0.1) is 0 Å². The molecule has 24 heavy (non-hydrogen) atoms. The molecule has 0 aliphatic carbocycles. The summed E-state index contributed by atoms with van der Waals surface area (Å²) in [6.07, 6.45) is 6.77. The molecule has 7 nitrogen and oxygen atoms in total. The molecule has 4 heterocycles. The number of aromatic nitrogens is 5. The first-order chi connectivity index (χ1) is 11.7. The van der Waals surface area contributed by atoms with E-state index in [1.54, 1.807) is 10.0 Å². The summed E-state index contributed by atoms with van der Waals surface area (Å²) >= 11 is 1.47. The highest BCUT2D eigenvalue weighted by atomic mass is 32.1. The molecule has 122 valence electrons. The molecule has 4 aromatic rings. The van der Waals surface area contributed by atoms with Gasteiger partial charge in [0.2, 0.25) is 10.9 Å². The van der Waals surface area contributed by atoms with E-state index in [1.807, 2.05) is 48.1 Å². The summed E-state index contributed by atoms with van der Waals surface area (Å²) in [5, 5.41) is 7.13. The number of hydrogen-bond acceptors (Lipinski definition) is 5. The predicted octanol–water partition coefficient (Wildman–Crippen LogP) is 2.25. The zero-order valence-electron chi connectivity index (χ0n) is 13.1. The van der Waals surface area contributed by atoms with E-state index < -0.39 is 0 Å². The molecule has 1 N–H and O–H groups in total. The molecule has 0 radical (unpaired) electrons. The number of carbonyl (C=O) groups excluding carboxylic acids is 1. The van der Waals surface area contributed by atoms with Crippen LogP contribution in [0, 0.1) is 0 Å². The van der Waals surface area contributed by atoms with Gasteiger partial charge in [-0.3, -0.25) is 4.79 Å². The fourth-order valence-corrected chi connectivity index (χ4v) is 3.21. The Morgan fingerprint density at radius 2 is 2.25 bits per heavy atom. The van der Waals surface area contributed by atoms with Crippen LogP contribution in [-0.2, 0) is 11.2 Å². The summed E-state index contributed by atoms with van der Waals surface area (Å²) in [7, 11) is 0. The van der Waals surface area contributed by atoms with E-state index in [4.69, 9.17) is 0 Å². The Kier molecular flexibility index (Phi) is 3.73. The number of rotatable bonds is 5. The van der Waals surface area contributed by atoms with Crippen LogP contribution >= 0.6 is 11.3 Å². The van der Waals surface area contributed by atoms with Crippen molar-refractivity contribution in [1.82, 2.24) is 29.3 Å². The zero-order chi connectivity index (χ0) is 16.5. The maximum atomic E-state index is 12.2. The molecule has 0 bridgehead atoms. The molecular formula is C16H16N6OS. The number of nitrogens with one attached hydrogen (secondary N) is 1. The second-order valence-electron chi connectivity index (χ2n) is 5.62. The Morgan fingerprint density at radius 3 is 3.08 bits per heavy atom. The number of nitrogens with zero attached hydrogens (tertiary/aromatic N) is 5. The smallest absolute Gasteiger partial charge is 0.220 e. The maximum absolute atomic E-state index is 12.2. The van der Waals surface area contributed by atoms with Crippen molar-refractivity contribution in [3.8, 4) is 0 Å². The van der Waals surface area contributed by atoms with Crippen LogP contribution in [0.25, 0.3) is 10.6 Å². The van der Waals surface area contributed by atoms with Crippen LogP contribution in [0.1, 0.15) is 30.8 Å². The highest BCUT2D eigenvalue weighted by molar-refractivity contribution is 7.14. The average molecular weight is 340 g/mol. The Bertz CT molecular complexity index is 939. The summed E-state index contributed by atoms with van der Waals surface area (Å²) in [4.78, 5) is 22.0. The number of aryl methyl sites for hydroxylation is 1. The molecule has 0 aliphatic rings. The molecule has 0 saturated heterocycles. The van der Waals surface area contributed by atoms with Gasteiger partial charge in [-0.2, -0.15) is 5.10 Å². The van der Waals surface area contributed by atoms with Gasteiger partial charge in [0.15, 0.2) is 0 Å². The lowest BCUT2D eigenvalue weighted by Gasteiger charge is -2.10. The van der Waals surface area contributed by atoms with E-state index in [0.717, 1.165) is 22.0 Å². The van der Waals surface area contributed by atoms with Gasteiger partial charge in [0.05, 0.1) is 23.6 Å². The van der Waals surface area contributed by atoms with E-state index in [2.05, 4.69) is 20.4 Å². The molecule has 0 aliphatic heterocycles. The minimum absolute atomic E-state index is 0.0103. The van der Waals surface area contributed by atoms with E-state index in [-0.39, 0.29) is 11.9 Å². The number of hydrogen-bond donors (Lipinski definition) is 1. The highest BCUT2D eigenvalue weighted by Crippen LogP contribution is 2.15. The third kappa shape index (κ3) is 2.88. The minimum Gasteiger partial charge on any atom is -0.348 e. The van der Waals surface area contributed by atoms with Crippen molar-refractivity contribution in [2.24, 2.45) is 0 Å². The Labute approximate surface area is 142 Å². The first-order valence-corrected chi connectivity index (χ1v) is 8.58. The second kappa shape index (κ2) is 6.04. The summed E-state index contributed by atoms with van der Waals surface area (Å²) in [6.45, 7) is 1.93. The molecular weight excluding hydrogens is 324 g/mol. The molecule has 0 unspecified atom stereocenters. The number of imidazole rings is 2. The van der Waals surface area contributed by atoms with Crippen LogP contribution in [0.3, 0.4) is 0 Å². The first kappa shape index (κ1) is 14.8. The summed E-state index contributed by atoms with van der Waals surface area (Å²) in [5.41, 5.74) is 4.36. The topological polar surface area (TPSA) is 76.6 Å². The van der Waals surface area contributed by atoms with Gasteiger partial charge in [0.1, 0.15) is 11.2 Å². The van der Waals surface area contributed by atoms with Crippen molar-refractivity contribution < 1.29 is 4.79 Å². The normalized spacial score (nSPS) is 12.7. The second-order valence-corrected chi connectivity index (χ2v) is 6.43. The lowest BCUT2D eigenvalue weighted by molar-refractivity contribution is -0.121. The summed E-state index contributed by atoms with van der Waals surface area (Å²) < 4.78 is 3.68. The largest absolute Gasteiger partial charge is 0.348 e. The van der Waals surface area contributed by atoms with Gasteiger partial charge < -0.3 is 9.72 Å². The van der Waals surface area contributed by atoms with E-state index in [9.17, 15) is 4.79 Å². The quantitative estimate of drug-likeness (QED) is 0.604. The molecule has 4 rings (SSSR count). The predicted molar refractivity (Wildman–Crippen MR) is 90.9 cm³/mol. The van der Waals surface area contributed by atoms with Gasteiger partial charge in [-0.25, -0.2) is 14.5 Å². The average Bonchev–Trinajstić information content (AvgIpc) is 3.26. The van der Waals surface area contributed by atoms with Gasteiger partial charge >= 0.3 is 0 Å². The van der Waals surface area contributed by atoms with Crippen LogP contribution in [0.15, 0.2) is 42.3 Å². The van der Waals surface area contributed by atoms with Gasteiger partial charge in [0, 0.05) is 18.8 Å². The summed E-state index contributed by atoms with van der Waals surface area (Å²) in [5.74, 6) is -0.0103. The molecule has 8 heteroatoms. The van der Waals surface area contributed by atoms with Crippen molar-refractivity contribution in [2.75, 3.05) is 0 Å². The lowest BCUT2D eigenvalue weighted by Crippen LogP contribution is -2.27. The van der Waals surface area contributed by atoms with Gasteiger partial charge in [-0.05, 0) is 25.5 Å². The van der Waals surface area contributed by atoms with Crippen LogP contribution in [-0.4, -0.2) is 29.9 Å². The molecule has 1 amide bonds. The van der Waals surface area contributed by atoms with Crippen molar-refractivity contribution in [3.63, 3.8) is 0 Å². The number of carbonyl (C=O) groups is 1. The molecule has 0 fully saturated rings. The monoisotopic (exact) mass is 340 g/mol. The third-order valence-corrected chi connectivity index (χ3v) is 4.54. The molecule has 4 aromatic heterocycles. The van der Waals surface area contributed by atoms with Crippen molar-refractivity contribution >= 4 is 27.9 Å². The fraction of sp³-hybridized carbons (Fsp3) is 0.250. The zero-order valence-corrected chi connectivity index (χ0v) is 13.9. The maximum Gasteiger partial charge on any atom is 0.220 e. The molecule has 0 aromatic carbocycles. The highest BCUT2D eigenvalue weighted by Gasteiger charge is 2.14. The fourth-order valence-electron chi connectivity index (χ4n) is 2.60. The van der Waals surface area contributed by atoms with Crippen LogP contribution < -0.4 is 5.32 Å². The molecule has 1 atom stereocenters. The number of pyridine rings is 1. The standard InChI is InChI=1S/C16H16N6OS/c1-11(13-9-22-16(20-13)24-10-17-22)18-15(23)6-5-12-8-21-7-3-2-4-14(21)19-12/h2-4,7-11H,5-6H2,1H3,(H,18,23)/t11-/m1/s1. The van der Waals surface area contributed by atoms with Gasteiger partial charge in [-0.1, -0.05) is 17.4 Å². The summed E-state index contributed by atoms with van der Waals surface area (Å²) in [6, 6.07) is 5.71. The Balaban J connectivity index is 1.36. The van der Waals surface area contributed by atoms with Crippen molar-refractivity contribution in [1.29, 1.82) is 0 Å². The van der Waals surface area contributed by atoms with E-state index in [0.29, 0.717) is 12.8 Å². The van der Waals surface area contributed by atoms with Crippen LogP contribution in [0.5, 0.6) is 0 Å². The van der Waals surface area contributed by atoms with Crippen molar-refractivity contribution in [3.05, 3.63) is 53.7 Å². The molecule has 0 saturated carbocycles. The van der Waals surface area contributed by atoms with E-state index >= 15 is 0 Å². The third-order valence-electron chi connectivity index (χ3n) is 3.85. The molecule has 0 spiro atoms. The number of amides is 1. The number of fused-ring (bicyclic) bond motifs is 2. The van der Waals surface area contributed by atoms with Gasteiger partial charge in [0.25, 0.3) is 0 Å². The Morgan fingerprint density at radius 1 is 1.33 bits per heavy atom. The van der Waals surface area contributed by atoms with Crippen molar-refractivity contribution in [2.45, 2.75) is 25.8 Å².